The van der Waals surface area contributed by atoms with Gasteiger partial charge >= 0.3 is 0 Å². The maximum Gasteiger partial charge on any atom is 0.220 e. The molecule has 122 valence electrons. The minimum Gasteiger partial charge on any atom is -0.345 e. The van der Waals surface area contributed by atoms with Crippen LogP contribution < -0.4 is 11.1 Å². The number of carbonyl (C=O) groups is 1. The Hall–Kier alpha value is -1.72. The average molecular weight is 379 g/mol. The van der Waals surface area contributed by atoms with E-state index in [1.165, 1.54) is 6.07 Å². The first-order valence-corrected chi connectivity index (χ1v) is 8.31. The molecule has 23 heavy (non-hydrogen) atoms. The van der Waals surface area contributed by atoms with E-state index >= 15 is 0 Å². The predicted molar refractivity (Wildman–Crippen MR) is 93.4 cm³/mol. The van der Waals surface area contributed by atoms with E-state index in [1.807, 2.05) is 37.3 Å². The van der Waals surface area contributed by atoms with Gasteiger partial charge in [-0.2, -0.15) is 0 Å². The van der Waals surface area contributed by atoms with E-state index in [0.29, 0.717) is 22.9 Å². The lowest BCUT2D eigenvalue weighted by molar-refractivity contribution is -0.121. The van der Waals surface area contributed by atoms with Crippen LogP contribution in [-0.2, 0) is 4.79 Å². The Labute approximate surface area is 144 Å². The van der Waals surface area contributed by atoms with Crippen molar-refractivity contribution in [2.75, 3.05) is 0 Å². The first kappa shape index (κ1) is 17.6. The van der Waals surface area contributed by atoms with Crippen molar-refractivity contribution in [2.24, 2.45) is 5.73 Å². The number of nitrogens with two attached hydrogens (primary N) is 1. The van der Waals surface area contributed by atoms with Crippen molar-refractivity contribution in [1.29, 1.82) is 0 Å². The second kappa shape index (κ2) is 8.22. The average Bonchev–Trinajstić information content (AvgIpc) is 2.52. The summed E-state index contributed by atoms with van der Waals surface area (Å²) in [7, 11) is 0. The topological polar surface area (TPSA) is 55.1 Å². The summed E-state index contributed by atoms with van der Waals surface area (Å²) in [5, 5.41) is 2.92. The Bertz CT molecular complexity index is 661. The van der Waals surface area contributed by atoms with Gasteiger partial charge < -0.3 is 11.1 Å². The number of carbonyl (C=O) groups excluding carboxylic acids is 1. The minimum absolute atomic E-state index is 0.0413. The van der Waals surface area contributed by atoms with E-state index in [-0.39, 0.29) is 17.8 Å². The van der Waals surface area contributed by atoms with Crippen LogP contribution in [-0.4, -0.2) is 11.9 Å². The van der Waals surface area contributed by atoms with Crippen LogP contribution >= 0.6 is 15.9 Å². The normalized spacial score (nSPS) is 13.4. The molecular formula is C18H20BrFN2O. The highest BCUT2D eigenvalue weighted by Gasteiger charge is 2.20. The van der Waals surface area contributed by atoms with Gasteiger partial charge in [0.2, 0.25) is 5.91 Å². The molecule has 2 atom stereocenters. The van der Waals surface area contributed by atoms with Crippen LogP contribution in [0.2, 0.25) is 0 Å². The maximum atomic E-state index is 14.3. The molecular weight excluding hydrogens is 359 g/mol. The molecule has 0 aliphatic rings. The molecule has 0 saturated carbocycles. The van der Waals surface area contributed by atoms with Crippen LogP contribution in [0, 0.1) is 5.82 Å². The fourth-order valence-corrected chi connectivity index (χ4v) is 2.65. The van der Waals surface area contributed by atoms with Crippen molar-refractivity contribution in [2.45, 2.75) is 31.8 Å². The Balaban J connectivity index is 2.27. The van der Waals surface area contributed by atoms with Gasteiger partial charge in [-0.05, 0) is 31.0 Å². The lowest BCUT2D eigenvalue weighted by Crippen LogP contribution is -2.31. The Morgan fingerprint density at radius 1 is 1.26 bits per heavy atom. The fourth-order valence-electron chi connectivity index (χ4n) is 2.31. The molecule has 0 aromatic heterocycles. The van der Waals surface area contributed by atoms with Crippen LogP contribution in [0.15, 0.2) is 53.0 Å². The molecule has 2 unspecified atom stereocenters. The first-order chi connectivity index (χ1) is 11.0. The zero-order valence-electron chi connectivity index (χ0n) is 12.9. The highest BCUT2D eigenvalue weighted by molar-refractivity contribution is 9.10. The highest BCUT2D eigenvalue weighted by atomic mass is 79.9. The van der Waals surface area contributed by atoms with Gasteiger partial charge in [-0.25, -0.2) is 4.39 Å². The number of rotatable bonds is 6. The number of hydrogen-bond donors (Lipinski definition) is 2. The highest BCUT2D eigenvalue weighted by Crippen LogP contribution is 2.26. The molecule has 0 radical (unpaired) electrons. The molecule has 5 heteroatoms. The second-order valence-corrected chi connectivity index (χ2v) is 6.51. The SMILES string of the molecule is CC(N)CCC(=O)NC(c1ccccc1)c1ccc(Br)cc1F. The molecule has 3 N–H and O–H groups in total. The molecule has 2 aromatic rings. The molecule has 0 aliphatic carbocycles. The Kier molecular flexibility index (Phi) is 6.30. The molecule has 0 fully saturated rings. The number of amides is 1. The Morgan fingerprint density at radius 3 is 2.57 bits per heavy atom. The quantitative estimate of drug-likeness (QED) is 0.799. The summed E-state index contributed by atoms with van der Waals surface area (Å²) in [5.41, 5.74) is 6.96. The smallest absolute Gasteiger partial charge is 0.220 e. The molecule has 2 rings (SSSR count). The summed E-state index contributed by atoms with van der Waals surface area (Å²) in [4.78, 5) is 12.2. The second-order valence-electron chi connectivity index (χ2n) is 5.59. The molecule has 0 heterocycles. The lowest BCUT2D eigenvalue weighted by Gasteiger charge is -2.21. The van der Waals surface area contributed by atoms with Crippen molar-refractivity contribution in [3.8, 4) is 0 Å². The number of hydrogen-bond acceptors (Lipinski definition) is 2. The van der Waals surface area contributed by atoms with Crippen LogP contribution in [0.1, 0.15) is 36.9 Å². The summed E-state index contributed by atoms with van der Waals surface area (Å²) < 4.78 is 15.0. The van der Waals surface area contributed by atoms with E-state index < -0.39 is 6.04 Å². The number of nitrogens with one attached hydrogen (secondary N) is 1. The summed E-state index contributed by atoms with van der Waals surface area (Å²) in [6, 6.07) is 13.7. The van der Waals surface area contributed by atoms with Crippen molar-refractivity contribution in [1.82, 2.24) is 5.32 Å². The summed E-state index contributed by atoms with van der Waals surface area (Å²) in [6.07, 6.45) is 0.912. The van der Waals surface area contributed by atoms with Crippen LogP contribution in [0.3, 0.4) is 0 Å². The third kappa shape index (κ3) is 5.15. The standard InChI is InChI=1S/C18H20BrFN2O/c1-12(21)7-10-17(23)22-18(13-5-3-2-4-6-13)15-9-8-14(19)11-16(15)20/h2-6,8-9,11-12,18H,7,10,21H2,1H3,(H,22,23). The van der Waals surface area contributed by atoms with Crippen molar-refractivity contribution >= 4 is 21.8 Å². The van der Waals surface area contributed by atoms with E-state index in [9.17, 15) is 9.18 Å². The van der Waals surface area contributed by atoms with E-state index in [0.717, 1.165) is 5.56 Å². The molecule has 0 aliphatic heterocycles. The third-order valence-electron chi connectivity index (χ3n) is 3.54. The van der Waals surface area contributed by atoms with Gasteiger partial charge in [0.1, 0.15) is 5.82 Å². The van der Waals surface area contributed by atoms with Crippen molar-refractivity contribution < 1.29 is 9.18 Å². The largest absolute Gasteiger partial charge is 0.345 e. The van der Waals surface area contributed by atoms with Gasteiger partial charge in [0.25, 0.3) is 0 Å². The summed E-state index contributed by atoms with van der Waals surface area (Å²) in [6.45, 7) is 1.86. The molecule has 3 nitrogen and oxygen atoms in total. The summed E-state index contributed by atoms with van der Waals surface area (Å²) in [5.74, 6) is -0.501. The minimum atomic E-state index is -0.523. The van der Waals surface area contributed by atoms with E-state index in [2.05, 4.69) is 21.2 Å². The molecule has 2 aromatic carbocycles. The van der Waals surface area contributed by atoms with Gasteiger partial charge in [0.05, 0.1) is 6.04 Å². The zero-order chi connectivity index (χ0) is 16.8. The number of benzene rings is 2. The van der Waals surface area contributed by atoms with Gasteiger partial charge in [-0.3, -0.25) is 4.79 Å². The van der Waals surface area contributed by atoms with E-state index in [1.54, 1.807) is 12.1 Å². The lowest BCUT2D eigenvalue weighted by atomic mass is 9.98. The van der Waals surface area contributed by atoms with Gasteiger partial charge in [0, 0.05) is 22.5 Å². The fraction of sp³-hybridized carbons (Fsp3) is 0.278. The molecule has 0 spiro atoms. The predicted octanol–water partition coefficient (Wildman–Crippen LogP) is 3.92. The third-order valence-corrected chi connectivity index (χ3v) is 4.03. The van der Waals surface area contributed by atoms with Crippen LogP contribution in [0.25, 0.3) is 0 Å². The van der Waals surface area contributed by atoms with Gasteiger partial charge in [0.15, 0.2) is 0 Å². The molecule has 0 saturated heterocycles. The molecule has 0 bridgehead atoms. The van der Waals surface area contributed by atoms with Crippen LogP contribution in [0.5, 0.6) is 0 Å². The number of halogens is 2. The Morgan fingerprint density at radius 2 is 1.96 bits per heavy atom. The van der Waals surface area contributed by atoms with Gasteiger partial charge in [-0.15, -0.1) is 0 Å². The van der Waals surface area contributed by atoms with E-state index in [4.69, 9.17) is 5.73 Å². The maximum absolute atomic E-state index is 14.3. The van der Waals surface area contributed by atoms with Crippen molar-refractivity contribution in [3.05, 3.63) is 69.9 Å². The zero-order valence-corrected chi connectivity index (χ0v) is 14.5. The molecule has 1 amide bonds. The van der Waals surface area contributed by atoms with Gasteiger partial charge in [-0.1, -0.05) is 52.3 Å². The summed E-state index contributed by atoms with van der Waals surface area (Å²) >= 11 is 3.25. The first-order valence-electron chi connectivity index (χ1n) is 7.52. The van der Waals surface area contributed by atoms with Crippen LogP contribution in [0.4, 0.5) is 4.39 Å². The monoisotopic (exact) mass is 378 g/mol. The van der Waals surface area contributed by atoms with Crippen molar-refractivity contribution in [3.63, 3.8) is 0 Å².